The zero-order valence-corrected chi connectivity index (χ0v) is 17.0. The Kier molecular flexibility index (Phi) is 4.90. The zero-order valence-electron chi connectivity index (χ0n) is 16.1. The van der Waals surface area contributed by atoms with Gasteiger partial charge in [0.25, 0.3) is 11.8 Å². The molecule has 2 aliphatic heterocycles. The van der Waals surface area contributed by atoms with Gasteiger partial charge in [-0.1, -0.05) is 18.2 Å². The highest BCUT2D eigenvalue weighted by Gasteiger charge is 2.42. The molecule has 3 aromatic rings. The number of thioether (sulfide) groups is 1. The Labute approximate surface area is 180 Å². The molecule has 0 fully saturated rings. The summed E-state index contributed by atoms with van der Waals surface area (Å²) in [5, 5.41) is 10.2. The number of rotatable bonds is 4. The first kappa shape index (κ1) is 19.6. The summed E-state index contributed by atoms with van der Waals surface area (Å²) in [6.45, 7) is 0. The molecule has 1 N–H and O–H groups in total. The molecule has 9 heteroatoms. The van der Waals surface area contributed by atoms with Crippen molar-refractivity contribution in [3.8, 4) is 0 Å². The fourth-order valence-electron chi connectivity index (χ4n) is 4.05. The number of amides is 2. The lowest BCUT2D eigenvalue weighted by molar-refractivity contribution is 0.0605. The Hall–Kier alpha value is -3.33. The molecule has 0 saturated carbocycles. The Morgan fingerprint density at radius 2 is 1.74 bits per heavy atom. The Morgan fingerprint density at radius 1 is 1.06 bits per heavy atom. The van der Waals surface area contributed by atoms with Crippen molar-refractivity contribution in [1.82, 2.24) is 20.3 Å². The third kappa shape index (κ3) is 3.25. The van der Waals surface area contributed by atoms with E-state index in [1.165, 1.54) is 18.3 Å². The quantitative estimate of drug-likeness (QED) is 0.623. The number of carbonyl (C=O) groups excluding carboxylic acids is 2. The minimum atomic E-state index is -1.12. The fourth-order valence-corrected chi connectivity index (χ4v) is 4.90. The summed E-state index contributed by atoms with van der Waals surface area (Å²) < 4.78 is 30.2. The lowest BCUT2D eigenvalue weighted by Gasteiger charge is -2.25. The van der Waals surface area contributed by atoms with E-state index in [9.17, 15) is 9.59 Å². The largest absolute Gasteiger partial charge is 0.269 e. The number of nitrogens with one attached hydrogen (secondary N) is 1. The molecule has 3 heterocycles. The van der Waals surface area contributed by atoms with Crippen LogP contribution in [-0.4, -0.2) is 43.6 Å². The van der Waals surface area contributed by atoms with E-state index in [2.05, 4.69) is 15.4 Å². The molecular weight excluding hydrogens is 422 g/mol. The van der Waals surface area contributed by atoms with Crippen molar-refractivity contribution in [3.63, 3.8) is 0 Å². The maximum Gasteiger partial charge on any atom is 0.262 e. The summed E-state index contributed by atoms with van der Waals surface area (Å²) >= 11 is 1.70. The lowest BCUT2D eigenvalue weighted by atomic mass is 9.95. The second-order valence-electron chi connectivity index (χ2n) is 7.24. The minimum Gasteiger partial charge on any atom is -0.269 e. The number of aromatic nitrogens is 3. The van der Waals surface area contributed by atoms with Crippen molar-refractivity contribution in [3.05, 3.63) is 88.3 Å². The molecule has 2 aromatic carbocycles. The van der Waals surface area contributed by atoms with Gasteiger partial charge in [-0.15, -0.1) is 0 Å². The van der Waals surface area contributed by atoms with Crippen LogP contribution in [0.4, 0.5) is 8.78 Å². The number of H-pyrrole nitrogens is 1. The fraction of sp³-hybridized carbons (Fsp3) is 0.182. The van der Waals surface area contributed by atoms with Gasteiger partial charge >= 0.3 is 0 Å². The summed E-state index contributed by atoms with van der Waals surface area (Å²) in [5.74, 6) is -1.08. The number of fused-ring (bicyclic) bond motifs is 1. The van der Waals surface area contributed by atoms with Crippen LogP contribution in [0.1, 0.15) is 50.0 Å². The van der Waals surface area contributed by atoms with Crippen molar-refractivity contribution in [2.45, 2.75) is 12.5 Å². The summed E-state index contributed by atoms with van der Waals surface area (Å²) in [6, 6.07) is 7.63. The number of hydrogen-bond donors (Lipinski definition) is 1. The first-order chi connectivity index (χ1) is 15.1. The summed E-state index contributed by atoms with van der Waals surface area (Å²) in [7, 11) is 0. The van der Waals surface area contributed by atoms with Crippen molar-refractivity contribution >= 4 is 29.1 Å². The molecular formula is C22H16F2N4O2S. The summed E-state index contributed by atoms with van der Waals surface area (Å²) in [4.78, 5) is 27.1. The molecule has 156 valence electrons. The number of carbonyl (C=O) groups is 2. The van der Waals surface area contributed by atoms with Gasteiger partial charge in [-0.25, -0.2) is 8.78 Å². The summed E-state index contributed by atoms with van der Waals surface area (Å²) in [5.41, 5.74) is 1.35. The van der Waals surface area contributed by atoms with Crippen LogP contribution >= 0.6 is 11.8 Å². The van der Waals surface area contributed by atoms with E-state index >= 15 is 8.78 Å². The highest BCUT2D eigenvalue weighted by molar-refractivity contribution is 7.99. The standard InChI is InChI=1S/C22H16F2N4O2S/c23-16-9-13(10-17(24)19(16)12-5-7-31-8-6-12)20(18-11-25-27-26-18)28-21(29)14-3-1-2-4-15(14)22(28)30/h1-5,9-11,20H,6-8H2,(H,25,26,27). The molecule has 1 unspecified atom stereocenters. The van der Waals surface area contributed by atoms with Gasteiger partial charge in [-0.05, 0) is 47.6 Å². The highest BCUT2D eigenvalue weighted by atomic mass is 32.2. The lowest BCUT2D eigenvalue weighted by Crippen LogP contribution is -2.35. The molecule has 6 nitrogen and oxygen atoms in total. The number of hydrogen-bond acceptors (Lipinski definition) is 5. The van der Waals surface area contributed by atoms with Crippen LogP contribution in [0, 0.1) is 11.6 Å². The first-order valence-electron chi connectivity index (χ1n) is 9.65. The smallest absolute Gasteiger partial charge is 0.262 e. The van der Waals surface area contributed by atoms with Crippen molar-refractivity contribution in [2.24, 2.45) is 0 Å². The number of benzene rings is 2. The predicted molar refractivity (Wildman–Crippen MR) is 111 cm³/mol. The predicted octanol–water partition coefficient (Wildman–Crippen LogP) is 3.99. The molecule has 0 spiro atoms. The van der Waals surface area contributed by atoms with E-state index in [0.29, 0.717) is 17.7 Å². The molecule has 2 amide bonds. The second-order valence-corrected chi connectivity index (χ2v) is 8.39. The van der Waals surface area contributed by atoms with E-state index in [4.69, 9.17) is 0 Å². The second kappa shape index (κ2) is 7.73. The van der Waals surface area contributed by atoms with Crippen LogP contribution in [0.15, 0.2) is 48.7 Å². The van der Waals surface area contributed by atoms with Gasteiger partial charge in [-0.2, -0.15) is 27.2 Å². The molecule has 2 aliphatic rings. The van der Waals surface area contributed by atoms with Crippen molar-refractivity contribution < 1.29 is 18.4 Å². The molecule has 1 aromatic heterocycles. The van der Waals surface area contributed by atoms with Crippen LogP contribution in [0.5, 0.6) is 0 Å². The molecule has 31 heavy (non-hydrogen) atoms. The molecule has 0 saturated heterocycles. The van der Waals surface area contributed by atoms with Gasteiger partial charge in [0.05, 0.1) is 17.3 Å². The first-order valence-corrected chi connectivity index (χ1v) is 10.8. The van der Waals surface area contributed by atoms with Gasteiger partial charge in [0.15, 0.2) is 0 Å². The summed E-state index contributed by atoms with van der Waals surface area (Å²) in [6.07, 6.45) is 3.73. The minimum absolute atomic E-state index is 0.0645. The Bertz CT molecular complexity index is 1170. The SMILES string of the molecule is O=C1c2ccccc2C(=O)N1C(c1cc(F)c(C2=CCSCC2)c(F)c1)c1cn[nH]n1. The van der Waals surface area contributed by atoms with Gasteiger partial charge in [0, 0.05) is 11.3 Å². The molecule has 5 rings (SSSR count). The maximum absolute atomic E-state index is 15.1. The van der Waals surface area contributed by atoms with E-state index < -0.39 is 29.5 Å². The van der Waals surface area contributed by atoms with Crippen LogP contribution < -0.4 is 0 Å². The van der Waals surface area contributed by atoms with E-state index in [1.807, 2.05) is 6.08 Å². The molecule has 0 bridgehead atoms. The van der Waals surface area contributed by atoms with Crippen molar-refractivity contribution in [1.29, 1.82) is 0 Å². The van der Waals surface area contributed by atoms with E-state index in [1.54, 1.807) is 36.0 Å². The third-order valence-electron chi connectivity index (χ3n) is 5.46. The monoisotopic (exact) mass is 438 g/mol. The normalized spacial score (nSPS) is 17.0. The Balaban J connectivity index is 1.63. The topological polar surface area (TPSA) is 79.0 Å². The van der Waals surface area contributed by atoms with Gasteiger partial charge in [0.1, 0.15) is 23.4 Å². The number of aromatic amines is 1. The van der Waals surface area contributed by atoms with Gasteiger partial charge in [-0.3, -0.25) is 14.5 Å². The number of allylic oxidation sites excluding steroid dienone is 1. The van der Waals surface area contributed by atoms with Crippen LogP contribution in [-0.2, 0) is 0 Å². The van der Waals surface area contributed by atoms with Crippen LogP contribution in [0.3, 0.4) is 0 Å². The highest BCUT2D eigenvalue weighted by Crippen LogP contribution is 2.37. The molecule has 0 aliphatic carbocycles. The third-order valence-corrected chi connectivity index (χ3v) is 6.36. The number of imide groups is 1. The van der Waals surface area contributed by atoms with Crippen molar-refractivity contribution in [2.75, 3.05) is 11.5 Å². The average molecular weight is 438 g/mol. The average Bonchev–Trinajstić information content (AvgIpc) is 3.38. The number of nitrogens with zero attached hydrogens (tertiary/aromatic N) is 3. The molecule has 0 radical (unpaired) electrons. The van der Waals surface area contributed by atoms with E-state index in [0.717, 1.165) is 10.7 Å². The van der Waals surface area contributed by atoms with Crippen LogP contribution in [0.25, 0.3) is 5.57 Å². The zero-order chi connectivity index (χ0) is 21.5. The maximum atomic E-state index is 15.1. The van der Waals surface area contributed by atoms with Gasteiger partial charge < -0.3 is 0 Å². The number of halogens is 2. The van der Waals surface area contributed by atoms with E-state index in [-0.39, 0.29) is 27.9 Å². The Morgan fingerprint density at radius 3 is 2.29 bits per heavy atom. The van der Waals surface area contributed by atoms with Crippen LogP contribution in [0.2, 0.25) is 0 Å². The van der Waals surface area contributed by atoms with Gasteiger partial charge in [0.2, 0.25) is 0 Å². The molecule has 1 atom stereocenters.